The van der Waals surface area contributed by atoms with Gasteiger partial charge in [-0.1, -0.05) is 0 Å². The maximum absolute atomic E-state index is 15.6. The molecular weight excluding hydrogens is 425 g/mol. The van der Waals surface area contributed by atoms with Crippen molar-refractivity contribution in [1.29, 1.82) is 0 Å². The number of ether oxygens (including phenoxy) is 2. The zero-order valence-corrected chi connectivity index (χ0v) is 20.4. The van der Waals surface area contributed by atoms with Crippen molar-refractivity contribution >= 4 is 28.7 Å². The van der Waals surface area contributed by atoms with Gasteiger partial charge in [-0.25, -0.2) is 14.0 Å². The number of anilines is 1. The molecule has 0 aliphatic carbocycles. The van der Waals surface area contributed by atoms with Crippen molar-refractivity contribution in [2.75, 3.05) is 31.1 Å². The Morgan fingerprint density at radius 3 is 2.64 bits per heavy atom. The molecule has 3 heterocycles. The molecule has 1 N–H and O–H groups in total. The molecular formula is C25H34FN3O4. The van der Waals surface area contributed by atoms with Gasteiger partial charge in [0.05, 0.1) is 29.4 Å². The highest BCUT2D eigenvalue weighted by molar-refractivity contribution is 6.09. The van der Waals surface area contributed by atoms with Crippen molar-refractivity contribution in [3.05, 3.63) is 28.7 Å². The number of aromatic nitrogens is 1. The molecule has 1 amide bonds. The first kappa shape index (κ1) is 23.4. The summed E-state index contributed by atoms with van der Waals surface area (Å²) in [6.07, 6.45) is 1.57. The highest BCUT2D eigenvalue weighted by atomic mass is 19.1. The quantitative estimate of drug-likeness (QED) is 0.659. The van der Waals surface area contributed by atoms with Crippen LogP contribution in [0.5, 0.6) is 0 Å². The molecule has 1 aromatic carbocycles. The van der Waals surface area contributed by atoms with Gasteiger partial charge in [0, 0.05) is 30.7 Å². The molecule has 33 heavy (non-hydrogen) atoms. The summed E-state index contributed by atoms with van der Waals surface area (Å²) in [7, 11) is 0. The van der Waals surface area contributed by atoms with Gasteiger partial charge < -0.3 is 24.3 Å². The number of H-pyrrole nitrogens is 1. The second-order valence-electron chi connectivity index (χ2n) is 10.1. The molecule has 0 radical (unpaired) electrons. The molecule has 0 saturated carbocycles. The van der Waals surface area contributed by atoms with Crippen LogP contribution in [-0.4, -0.2) is 59.8 Å². The fourth-order valence-electron chi connectivity index (χ4n) is 5.19. The molecule has 7 nitrogen and oxygen atoms in total. The predicted octanol–water partition coefficient (Wildman–Crippen LogP) is 4.94. The Balaban J connectivity index is 1.72. The van der Waals surface area contributed by atoms with Crippen LogP contribution in [0, 0.1) is 25.6 Å². The zero-order chi connectivity index (χ0) is 24.1. The Bertz CT molecular complexity index is 1090. The Hall–Kier alpha value is -2.77. The average Bonchev–Trinajstić information content (AvgIpc) is 3.27. The van der Waals surface area contributed by atoms with Crippen LogP contribution in [0.3, 0.4) is 0 Å². The molecule has 2 aliphatic heterocycles. The summed E-state index contributed by atoms with van der Waals surface area (Å²) in [4.78, 5) is 32.5. The van der Waals surface area contributed by atoms with E-state index in [0.29, 0.717) is 36.2 Å². The van der Waals surface area contributed by atoms with E-state index in [4.69, 9.17) is 9.47 Å². The number of aryl methyl sites for hydroxylation is 2. The summed E-state index contributed by atoms with van der Waals surface area (Å²) in [5.74, 6) is -0.749. The third-order valence-corrected chi connectivity index (χ3v) is 6.72. The highest BCUT2D eigenvalue weighted by Crippen LogP contribution is 2.41. The van der Waals surface area contributed by atoms with Gasteiger partial charge in [0.25, 0.3) is 0 Å². The molecule has 4 rings (SSSR count). The van der Waals surface area contributed by atoms with Crippen LogP contribution in [0.2, 0.25) is 0 Å². The molecule has 0 spiro atoms. The zero-order valence-electron chi connectivity index (χ0n) is 20.4. The van der Waals surface area contributed by atoms with E-state index in [1.807, 2.05) is 44.4 Å². The summed E-state index contributed by atoms with van der Waals surface area (Å²) >= 11 is 0. The van der Waals surface area contributed by atoms with Gasteiger partial charge in [-0.15, -0.1) is 0 Å². The second kappa shape index (κ2) is 8.54. The lowest BCUT2D eigenvalue weighted by Crippen LogP contribution is -2.50. The molecule has 2 atom stereocenters. The number of esters is 1. The predicted molar refractivity (Wildman–Crippen MR) is 125 cm³/mol. The number of fused-ring (bicyclic) bond motifs is 2. The number of hydrogen-bond donors (Lipinski definition) is 1. The van der Waals surface area contributed by atoms with Gasteiger partial charge in [0.15, 0.2) is 0 Å². The molecule has 2 saturated heterocycles. The number of aromatic amines is 1. The largest absolute Gasteiger partial charge is 0.462 e. The smallest absolute Gasteiger partial charge is 0.410 e. The minimum Gasteiger partial charge on any atom is -0.462 e. The number of piperidine rings is 1. The van der Waals surface area contributed by atoms with E-state index < -0.39 is 17.4 Å². The normalized spacial score (nSPS) is 20.8. The van der Waals surface area contributed by atoms with E-state index in [1.165, 1.54) is 6.07 Å². The molecule has 0 bridgehead atoms. The maximum Gasteiger partial charge on any atom is 0.410 e. The number of rotatable bonds is 3. The van der Waals surface area contributed by atoms with Gasteiger partial charge in [0.1, 0.15) is 11.4 Å². The number of hydrogen-bond acceptors (Lipinski definition) is 5. The van der Waals surface area contributed by atoms with E-state index >= 15 is 4.39 Å². The third-order valence-electron chi connectivity index (χ3n) is 6.72. The lowest BCUT2D eigenvalue weighted by atomic mass is 9.92. The average molecular weight is 460 g/mol. The van der Waals surface area contributed by atoms with E-state index in [9.17, 15) is 9.59 Å². The summed E-state index contributed by atoms with van der Waals surface area (Å²) < 4.78 is 26.4. The number of likely N-dealkylation sites (tertiary alicyclic amines) is 1. The monoisotopic (exact) mass is 459 g/mol. The van der Waals surface area contributed by atoms with Gasteiger partial charge >= 0.3 is 12.1 Å². The van der Waals surface area contributed by atoms with Crippen molar-refractivity contribution < 1.29 is 23.5 Å². The van der Waals surface area contributed by atoms with Crippen LogP contribution in [0.4, 0.5) is 14.9 Å². The van der Waals surface area contributed by atoms with Crippen molar-refractivity contribution in [3.8, 4) is 0 Å². The number of benzene rings is 1. The third kappa shape index (κ3) is 4.27. The lowest BCUT2D eigenvalue weighted by molar-refractivity contribution is 0.00668. The first-order valence-electron chi connectivity index (χ1n) is 11.7. The molecule has 180 valence electrons. The first-order valence-corrected chi connectivity index (χ1v) is 11.7. The molecule has 8 heteroatoms. The van der Waals surface area contributed by atoms with E-state index in [-0.39, 0.29) is 30.2 Å². The van der Waals surface area contributed by atoms with Gasteiger partial charge in [0.2, 0.25) is 0 Å². The Kier molecular flexibility index (Phi) is 6.05. The van der Waals surface area contributed by atoms with Crippen molar-refractivity contribution in [2.45, 2.75) is 66.0 Å². The Morgan fingerprint density at radius 2 is 1.97 bits per heavy atom. The minimum absolute atomic E-state index is 0.0341. The first-order chi connectivity index (χ1) is 15.5. The second-order valence-corrected chi connectivity index (χ2v) is 10.1. The summed E-state index contributed by atoms with van der Waals surface area (Å²) in [6.45, 7) is 13.2. The molecule has 2 aliphatic rings. The summed E-state index contributed by atoms with van der Waals surface area (Å²) in [6, 6.07) is 1.24. The molecule has 0 unspecified atom stereocenters. The van der Waals surface area contributed by atoms with Crippen LogP contribution < -0.4 is 4.90 Å². The highest BCUT2D eigenvalue weighted by Gasteiger charge is 2.43. The number of amides is 1. The van der Waals surface area contributed by atoms with Crippen LogP contribution in [0.25, 0.3) is 10.9 Å². The number of nitrogens with zero attached hydrogens (tertiary/aromatic N) is 2. The van der Waals surface area contributed by atoms with Crippen molar-refractivity contribution in [1.82, 2.24) is 9.88 Å². The molecule has 2 fully saturated rings. The Labute approximate surface area is 194 Å². The fraction of sp³-hybridized carbons (Fsp3) is 0.600. The van der Waals surface area contributed by atoms with Crippen molar-refractivity contribution in [3.63, 3.8) is 0 Å². The topological polar surface area (TPSA) is 74.9 Å². The van der Waals surface area contributed by atoms with Crippen LogP contribution in [-0.2, 0) is 9.47 Å². The maximum atomic E-state index is 15.6. The van der Waals surface area contributed by atoms with Crippen LogP contribution in [0.1, 0.15) is 62.2 Å². The molecule has 1 aromatic heterocycles. The van der Waals surface area contributed by atoms with E-state index in [2.05, 4.69) is 4.98 Å². The standard InChI is InChI=1S/C25H34FN3O4/c1-7-32-23(30)17-11-18(26)22(20-14(2)15(3)27-21(17)20)28-12-16-9-8-10-29(19(16)13-28)24(31)33-25(4,5)6/h11,16,19,27H,7-10,12-13H2,1-6H3/t16-,19+/m1/s1. The van der Waals surface area contributed by atoms with Crippen molar-refractivity contribution in [2.24, 2.45) is 5.92 Å². The summed E-state index contributed by atoms with van der Waals surface area (Å²) in [5.41, 5.74) is 2.51. The fourth-order valence-corrected chi connectivity index (χ4v) is 5.19. The number of carbonyl (C=O) groups excluding carboxylic acids is 2. The Morgan fingerprint density at radius 1 is 1.24 bits per heavy atom. The molecule has 2 aromatic rings. The van der Waals surface area contributed by atoms with Gasteiger partial charge in [-0.2, -0.15) is 0 Å². The lowest BCUT2D eigenvalue weighted by Gasteiger charge is -2.37. The number of nitrogens with one attached hydrogen (secondary N) is 1. The van der Waals surface area contributed by atoms with Crippen LogP contribution >= 0.6 is 0 Å². The van der Waals surface area contributed by atoms with E-state index in [1.54, 1.807) is 6.92 Å². The van der Waals surface area contributed by atoms with Crippen LogP contribution in [0.15, 0.2) is 6.07 Å². The van der Waals surface area contributed by atoms with Gasteiger partial charge in [-0.05, 0) is 71.9 Å². The SMILES string of the molecule is CCOC(=O)c1cc(F)c(N2C[C@H]3CCCN(C(=O)OC(C)(C)C)[C@H]3C2)c2c(C)c(C)[nH]c12. The van der Waals surface area contributed by atoms with Gasteiger partial charge in [-0.3, -0.25) is 0 Å². The minimum atomic E-state index is -0.566. The van der Waals surface area contributed by atoms with E-state index in [0.717, 1.165) is 24.1 Å². The number of halogens is 1. The summed E-state index contributed by atoms with van der Waals surface area (Å²) in [5, 5.41) is 0.706. The number of carbonyl (C=O) groups is 2.